The number of rotatable bonds is 42. The van der Waals surface area contributed by atoms with Gasteiger partial charge in [-0.05, 0) is 85.0 Å². The average molecular weight is 1370 g/mol. The Bertz CT molecular complexity index is 2720. The molecule has 0 aromatic carbocycles. The van der Waals surface area contributed by atoms with Crippen LogP contribution in [0.5, 0.6) is 0 Å². The molecular formula is C58H98N16O22. The molecule has 13 atom stereocenters. The predicted molar refractivity (Wildman–Crippen MR) is 335 cm³/mol. The highest BCUT2D eigenvalue weighted by Gasteiger charge is 2.44. The summed E-state index contributed by atoms with van der Waals surface area (Å²) in [6, 6.07) is -16.6. The molecule has 3 fully saturated rings. The number of aliphatic hydroxyl groups excluding tert-OH is 3. The minimum atomic E-state index is -1.97. The maximum atomic E-state index is 14.3. The Kier molecular flexibility index (Phi) is 35.4. The molecule has 3 aliphatic heterocycles. The predicted octanol–water partition coefficient (Wildman–Crippen LogP) is -8.58. The molecule has 38 nitrogen and oxygen atoms in total. The van der Waals surface area contributed by atoms with Crippen molar-refractivity contribution < 1.29 is 107 Å². The smallest absolute Gasteiger partial charge is 0.326 e. The van der Waals surface area contributed by atoms with Crippen molar-refractivity contribution in [3.8, 4) is 0 Å². The quantitative estimate of drug-likeness (QED) is 0.0153. The van der Waals surface area contributed by atoms with Crippen LogP contribution in [0.25, 0.3) is 0 Å². The van der Waals surface area contributed by atoms with E-state index >= 15 is 0 Å². The highest BCUT2D eigenvalue weighted by molar-refractivity contribution is 6.00. The molecule has 38 heteroatoms. The number of hydrogen-bond donors (Lipinski definition) is 17. The molecule has 0 radical (unpaired) electrons. The van der Waals surface area contributed by atoms with Crippen LogP contribution in [0.2, 0.25) is 0 Å². The minimum absolute atomic E-state index is 0.0150. The molecule has 0 saturated carbocycles. The van der Waals surface area contributed by atoms with E-state index < -0.39 is 187 Å². The molecule has 12 amide bonds. The first kappa shape index (κ1) is 81.8. The molecule has 20 N–H and O–H groups in total. The number of aliphatic imine (C=N–C) groups is 1. The number of nitrogens with zero attached hydrogens (tertiary/aromatic N) is 4. The lowest BCUT2D eigenvalue weighted by Gasteiger charge is -2.32. The molecular weight excluding hydrogens is 1270 g/mol. The van der Waals surface area contributed by atoms with Crippen LogP contribution < -0.4 is 65.1 Å². The monoisotopic (exact) mass is 1370 g/mol. The topological polar surface area (TPSA) is 576 Å². The lowest BCUT2D eigenvalue weighted by Crippen LogP contribution is -2.62. The van der Waals surface area contributed by atoms with Gasteiger partial charge in [0.25, 0.3) is 0 Å². The van der Waals surface area contributed by atoms with Gasteiger partial charge in [0.2, 0.25) is 70.9 Å². The van der Waals surface area contributed by atoms with Crippen molar-refractivity contribution in [3.63, 3.8) is 0 Å². The maximum Gasteiger partial charge on any atom is 0.326 e. The fourth-order valence-electron chi connectivity index (χ4n) is 10.6. The van der Waals surface area contributed by atoms with Crippen LogP contribution in [0.3, 0.4) is 0 Å². The van der Waals surface area contributed by atoms with Gasteiger partial charge in [0.1, 0.15) is 66.5 Å². The number of amides is 12. The summed E-state index contributed by atoms with van der Waals surface area (Å²) in [5, 5.41) is 72.4. The minimum Gasteiger partial charge on any atom is -0.481 e. The molecule has 3 rings (SSSR count). The van der Waals surface area contributed by atoms with Gasteiger partial charge in [0.05, 0.1) is 71.4 Å². The normalized spacial score (nSPS) is 19.1. The molecule has 3 aliphatic rings. The van der Waals surface area contributed by atoms with Crippen LogP contribution in [0.15, 0.2) is 4.99 Å². The molecule has 0 aromatic heterocycles. The highest BCUT2D eigenvalue weighted by Crippen LogP contribution is 2.23. The zero-order valence-corrected chi connectivity index (χ0v) is 55.0. The van der Waals surface area contributed by atoms with Crippen LogP contribution >= 0.6 is 0 Å². The van der Waals surface area contributed by atoms with Crippen molar-refractivity contribution in [2.45, 2.75) is 184 Å². The number of aliphatic carboxylic acids is 2. The van der Waals surface area contributed by atoms with Crippen LogP contribution in [0.1, 0.15) is 106 Å². The van der Waals surface area contributed by atoms with Gasteiger partial charge in [-0.2, -0.15) is 0 Å². The van der Waals surface area contributed by atoms with E-state index in [4.69, 9.17) is 31.4 Å². The number of ether oxygens (including phenoxy) is 3. The number of carbonyl (C=O) groups excluding carboxylic acids is 12. The third kappa shape index (κ3) is 26.6. The van der Waals surface area contributed by atoms with E-state index in [1.54, 1.807) is 13.8 Å². The molecule has 0 bridgehead atoms. The zero-order chi connectivity index (χ0) is 71.9. The first-order valence-corrected chi connectivity index (χ1v) is 31.9. The Morgan fingerprint density at radius 2 is 0.979 bits per heavy atom. The molecule has 0 spiro atoms. The Hall–Kier alpha value is -8.43. The molecule has 0 aliphatic carbocycles. The number of carboxylic acids is 2. The summed E-state index contributed by atoms with van der Waals surface area (Å²) in [5.41, 5.74) is 16.3. The van der Waals surface area contributed by atoms with Gasteiger partial charge in [-0.3, -0.25) is 67.3 Å². The van der Waals surface area contributed by atoms with Crippen molar-refractivity contribution in [1.29, 1.82) is 0 Å². The Morgan fingerprint density at radius 1 is 0.521 bits per heavy atom. The fraction of sp³-hybridized carbons (Fsp3) is 0.741. The Morgan fingerprint density at radius 3 is 1.48 bits per heavy atom. The number of carbonyl (C=O) groups is 14. The standard InChI is InChI=1S/C58H98N16O22/c1-30(2)44(69-42(79)28-63-41(78)15-21-94-23-25-96-26-24-95-22-16-59)51(86)71-46(34(6)77)53(88)68-37(29-75)48(83)64-31(3)54(89)72-18-8-13-39(72)50(85)67-36(27-43(80)81)47(82)70-45(33(5)76)52(87)66-35(11-7-17-62-58(60)61)56(91)73-19-9-12-38(73)49(84)65-32(4)55(90)74-20-10-14-40(74)57(92)93/h30-40,44-46,75-77H,7-29,59H2,1-6H3,(H,63,78)(H,64,83)(H,65,84)(H,66,87)(H,67,85)(H,68,88)(H,69,79)(H,70,82)(H,71,86)(H,80,81)(H,92,93)(H4,60,61,62)/t31-,32-,33+,34+,35-,36-,37-,38-,39-,40-,44-,45-,46-/m0/s1. The second-order valence-corrected chi connectivity index (χ2v) is 23.7. The first-order valence-electron chi connectivity index (χ1n) is 31.9. The molecule has 3 saturated heterocycles. The lowest BCUT2D eigenvalue weighted by atomic mass is 10.0. The van der Waals surface area contributed by atoms with Gasteiger partial charge in [-0.25, -0.2) is 4.79 Å². The van der Waals surface area contributed by atoms with Crippen molar-refractivity contribution in [1.82, 2.24) is 62.6 Å². The van der Waals surface area contributed by atoms with Crippen LogP contribution in [-0.4, -0.2) is 293 Å². The van der Waals surface area contributed by atoms with Crippen molar-refractivity contribution >= 4 is 88.8 Å². The first-order chi connectivity index (χ1) is 45.3. The van der Waals surface area contributed by atoms with E-state index in [-0.39, 0.29) is 96.9 Å². The zero-order valence-electron chi connectivity index (χ0n) is 55.0. The van der Waals surface area contributed by atoms with Gasteiger partial charge >= 0.3 is 11.9 Å². The second kappa shape index (κ2) is 41.5. The lowest BCUT2D eigenvalue weighted by molar-refractivity contribution is -0.149. The summed E-state index contributed by atoms with van der Waals surface area (Å²) in [5.74, 6) is -14.9. The van der Waals surface area contributed by atoms with E-state index in [1.165, 1.54) is 18.7 Å². The SMILES string of the molecule is CC(C)[C@H](NC(=O)CNC(=O)CCOCCOCCOCCN)C(=O)N[C@H](C(=O)N[C@@H](CO)C(=O)N[C@@H](C)C(=O)N1CCC[C@H]1C(=O)N[C@@H](CC(=O)O)C(=O)N[C@H](C(=O)N[C@@H](CCCN=C(N)N)C(=O)N1CCC[C@H]1C(=O)N[C@@H](C)C(=O)N1CCC[C@H]1C(=O)O)[C@@H](C)O)[C@@H](C)O. The van der Waals surface area contributed by atoms with Gasteiger partial charge in [-0.1, -0.05) is 13.8 Å². The number of hydrogen-bond acceptors (Lipinski definition) is 22. The Labute approximate surface area is 554 Å². The van der Waals surface area contributed by atoms with Crippen LogP contribution in [-0.2, 0) is 81.3 Å². The van der Waals surface area contributed by atoms with Gasteiger partial charge in [0.15, 0.2) is 5.96 Å². The fourth-order valence-corrected chi connectivity index (χ4v) is 10.6. The summed E-state index contributed by atoms with van der Waals surface area (Å²) in [4.78, 5) is 194. The number of aliphatic hydroxyl groups is 3. The Balaban J connectivity index is 1.65. The average Bonchev–Trinajstić information content (AvgIpc) is 1.62. The highest BCUT2D eigenvalue weighted by atomic mass is 16.5. The molecule has 96 heavy (non-hydrogen) atoms. The summed E-state index contributed by atoms with van der Waals surface area (Å²) < 4.78 is 15.9. The van der Waals surface area contributed by atoms with E-state index in [9.17, 15) is 92.7 Å². The number of likely N-dealkylation sites (tertiary alicyclic amines) is 3. The third-order valence-corrected chi connectivity index (χ3v) is 15.7. The van der Waals surface area contributed by atoms with E-state index in [0.29, 0.717) is 39.2 Å². The molecule has 0 unspecified atom stereocenters. The van der Waals surface area contributed by atoms with Crippen LogP contribution in [0, 0.1) is 5.92 Å². The summed E-state index contributed by atoms with van der Waals surface area (Å²) in [7, 11) is 0. The van der Waals surface area contributed by atoms with Gasteiger partial charge in [-0.15, -0.1) is 0 Å². The van der Waals surface area contributed by atoms with Crippen molar-refractivity contribution in [2.75, 3.05) is 85.5 Å². The van der Waals surface area contributed by atoms with Gasteiger partial charge in [0, 0.05) is 39.1 Å². The van der Waals surface area contributed by atoms with E-state index in [2.05, 4.69) is 52.8 Å². The summed E-state index contributed by atoms with van der Waals surface area (Å²) in [6.45, 7) is 8.35. The number of guanidine groups is 1. The van der Waals surface area contributed by atoms with Crippen molar-refractivity contribution in [2.24, 2.45) is 28.1 Å². The van der Waals surface area contributed by atoms with E-state index in [0.717, 1.165) is 23.6 Å². The molecule has 0 aromatic rings. The summed E-state index contributed by atoms with van der Waals surface area (Å²) >= 11 is 0. The number of nitrogens with two attached hydrogens (primary N) is 3. The number of nitrogens with one attached hydrogen (secondary N) is 9. The van der Waals surface area contributed by atoms with Crippen LogP contribution in [0.4, 0.5) is 0 Å². The second-order valence-electron chi connectivity index (χ2n) is 23.7. The number of carboxylic acid groups (broad SMARTS) is 2. The molecule has 542 valence electrons. The molecule has 3 heterocycles. The summed E-state index contributed by atoms with van der Waals surface area (Å²) in [6.07, 6.45) is -3.42. The maximum absolute atomic E-state index is 14.3. The largest absolute Gasteiger partial charge is 0.481 e. The third-order valence-electron chi connectivity index (χ3n) is 15.7. The van der Waals surface area contributed by atoms with Gasteiger partial charge < -0.3 is 119 Å². The van der Waals surface area contributed by atoms with E-state index in [1.807, 2.05) is 0 Å². The van der Waals surface area contributed by atoms with Crippen molar-refractivity contribution in [3.05, 3.63) is 0 Å².